The van der Waals surface area contributed by atoms with Gasteiger partial charge in [0.15, 0.2) is 23.9 Å². The Labute approximate surface area is 504 Å². The normalized spacial score (nSPS) is 21.2. The third kappa shape index (κ3) is 15.1. The van der Waals surface area contributed by atoms with E-state index in [4.69, 9.17) is 52.1 Å². The average molecular weight is 1190 g/mol. The van der Waals surface area contributed by atoms with Gasteiger partial charge in [-0.1, -0.05) is 146 Å². The van der Waals surface area contributed by atoms with Crippen molar-refractivity contribution in [2.75, 3.05) is 26.4 Å². The van der Waals surface area contributed by atoms with Crippen molar-refractivity contribution in [3.05, 3.63) is 287 Å². The molecule has 0 N–H and O–H groups in total. The molecule has 19 nitrogen and oxygen atoms in total. The molecule has 2 fully saturated rings. The van der Waals surface area contributed by atoms with Crippen LogP contribution in [0.2, 0.25) is 0 Å². The highest BCUT2D eigenvalue weighted by Gasteiger charge is 2.61. The second kappa shape index (κ2) is 29.0. The Morgan fingerprint density at radius 2 is 0.636 bits per heavy atom. The van der Waals surface area contributed by atoms with Crippen LogP contribution in [0.1, 0.15) is 82.9 Å². The lowest BCUT2D eigenvalue weighted by Crippen LogP contribution is -2.69. The van der Waals surface area contributed by atoms with Crippen molar-refractivity contribution in [2.45, 2.75) is 54.6 Å². The molecule has 8 aromatic carbocycles. The molecule has 0 amide bonds. The van der Waals surface area contributed by atoms with Gasteiger partial charge in [-0.2, -0.15) is 0 Å². The third-order valence-electron chi connectivity index (χ3n) is 14.2. The molecule has 2 heterocycles. The van der Waals surface area contributed by atoms with E-state index < -0.39 is 129 Å². The van der Waals surface area contributed by atoms with Crippen molar-refractivity contribution in [2.24, 2.45) is 0 Å². The van der Waals surface area contributed by atoms with Gasteiger partial charge in [-0.3, -0.25) is 0 Å². The molecule has 0 aromatic heterocycles. The summed E-state index contributed by atoms with van der Waals surface area (Å²) in [6, 6.07) is 62.1. The Bertz CT molecular complexity index is 3660. The van der Waals surface area contributed by atoms with E-state index in [-0.39, 0.29) is 44.5 Å². The van der Waals surface area contributed by atoms with Gasteiger partial charge in [0.1, 0.15) is 31.5 Å². The molecular formula is C69H56O19. The van der Waals surface area contributed by atoms with E-state index >= 15 is 0 Å². The number of hydrogen-bond donors (Lipinski definition) is 0. The molecule has 0 saturated carbocycles. The minimum atomic E-state index is -2.48. The zero-order valence-electron chi connectivity index (χ0n) is 46.8. The fourth-order valence-electron chi connectivity index (χ4n) is 9.67. The number of benzene rings is 8. The van der Waals surface area contributed by atoms with Gasteiger partial charge in [-0.15, -0.1) is 0 Å². The molecule has 9 atom stereocenters. The van der Waals surface area contributed by atoms with Crippen LogP contribution in [0.25, 0.3) is 0 Å². The minimum absolute atomic E-state index is 0.00493. The molecule has 0 spiro atoms. The molecule has 2 aliphatic heterocycles. The zero-order valence-corrected chi connectivity index (χ0v) is 46.8. The summed E-state index contributed by atoms with van der Waals surface area (Å²) in [5.41, 5.74) is -2.18. The van der Waals surface area contributed by atoms with Crippen LogP contribution in [0.4, 0.5) is 0 Å². The minimum Gasteiger partial charge on any atom is -0.459 e. The van der Waals surface area contributed by atoms with Gasteiger partial charge in [0.25, 0.3) is 0 Å². The van der Waals surface area contributed by atoms with Crippen molar-refractivity contribution >= 4 is 47.8 Å². The predicted octanol–water partition coefficient (Wildman–Crippen LogP) is 9.56. The van der Waals surface area contributed by atoms with E-state index in [1.54, 1.807) is 146 Å². The monoisotopic (exact) mass is 1190 g/mol. The summed E-state index contributed by atoms with van der Waals surface area (Å²) in [6.07, 6.45) is -14.7. The Hall–Kier alpha value is -10.6. The van der Waals surface area contributed by atoms with E-state index in [0.29, 0.717) is 0 Å². The average Bonchev–Trinajstić information content (AvgIpc) is 0.963. The summed E-state index contributed by atoms with van der Waals surface area (Å²) in [7, 11) is 0. The first-order valence-electron chi connectivity index (χ1n) is 27.8. The summed E-state index contributed by atoms with van der Waals surface area (Å²) in [5.74, 6) is -7.70. The van der Waals surface area contributed by atoms with E-state index in [1.807, 2.05) is 0 Å². The van der Waals surface area contributed by atoms with E-state index in [0.717, 1.165) is 0 Å². The Morgan fingerprint density at radius 1 is 0.330 bits per heavy atom. The van der Waals surface area contributed by atoms with Gasteiger partial charge in [0.2, 0.25) is 12.4 Å². The first kappa shape index (κ1) is 60.5. The number of hydrogen-bond acceptors (Lipinski definition) is 19. The quantitative estimate of drug-likeness (QED) is 0.0480. The molecule has 0 radical (unpaired) electrons. The zero-order chi connectivity index (χ0) is 61.2. The summed E-state index contributed by atoms with van der Waals surface area (Å²) in [5, 5.41) is 0. The molecule has 0 bridgehead atoms. The van der Waals surface area contributed by atoms with Gasteiger partial charge in [-0.25, -0.2) is 38.4 Å². The number of ether oxygens (including phenoxy) is 11. The van der Waals surface area contributed by atoms with Crippen LogP contribution in [0.15, 0.2) is 243 Å². The first-order valence-corrected chi connectivity index (χ1v) is 27.8. The van der Waals surface area contributed by atoms with Crippen LogP contribution in [-0.4, -0.2) is 129 Å². The molecule has 9 unspecified atom stereocenters. The van der Waals surface area contributed by atoms with Gasteiger partial charge < -0.3 is 52.1 Å². The van der Waals surface area contributed by atoms with Crippen LogP contribution >= 0.6 is 0 Å². The SMILES string of the molecule is O=C(OCC1OC(OC(=O)c2ccccc2)C(OC(=O)c2ccccc2)C(OC(=O)c2ccccc2)C1OCC1(OC(=O)c2ccccc2)COC(COC(=O)c2ccccc2)C(OC(=O)c2ccccc2)C1OC(=O)c1ccccc1)c1ccccc1. The van der Waals surface area contributed by atoms with E-state index in [1.165, 1.54) is 97.1 Å². The predicted molar refractivity (Wildman–Crippen MR) is 311 cm³/mol. The third-order valence-corrected chi connectivity index (χ3v) is 14.2. The standard InChI is InChI=1S/C69H56O19/c70-60(45-25-9-1-10-26-45)78-41-53-56(83-62(72)47-29-13-3-14-30-47)59(86-65(75)50-35-19-6-20-36-50)69(43-80-53,88-67(77)52-39-23-8-24-40-52)44-81-55-54(42-79-61(71)46-27-11-2-12-28-46)82-68(87-66(76)51-37-21-7-22-38-51)58(85-64(74)49-33-17-5-18-34-49)57(55)84-63(73)48-31-15-4-16-32-48/h1-40,53-59,68H,41-44H2. The molecule has 10 rings (SSSR count). The molecule has 2 aliphatic rings. The second-order valence-electron chi connectivity index (χ2n) is 20.1. The number of rotatable bonds is 21. The van der Waals surface area contributed by atoms with Gasteiger partial charge >= 0.3 is 47.8 Å². The molecule has 8 aromatic rings. The van der Waals surface area contributed by atoms with Crippen molar-refractivity contribution in [3.8, 4) is 0 Å². The summed E-state index contributed by atoms with van der Waals surface area (Å²) in [4.78, 5) is 115. The maximum absolute atomic E-state index is 14.9. The highest BCUT2D eigenvalue weighted by molar-refractivity contribution is 5.93. The lowest BCUT2D eigenvalue weighted by atomic mass is 9.87. The summed E-state index contributed by atoms with van der Waals surface area (Å²) < 4.78 is 69.8. The second-order valence-corrected chi connectivity index (χ2v) is 20.1. The highest BCUT2D eigenvalue weighted by atomic mass is 16.7. The van der Waals surface area contributed by atoms with Gasteiger partial charge in [0, 0.05) is 0 Å². The highest BCUT2D eigenvalue weighted by Crippen LogP contribution is 2.38. The largest absolute Gasteiger partial charge is 0.459 e. The number of esters is 8. The molecule has 2 saturated heterocycles. The van der Waals surface area contributed by atoms with Gasteiger partial charge in [-0.05, 0) is 97.1 Å². The number of carbonyl (C=O) groups is 8. The number of carbonyl (C=O) groups excluding carboxylic acids is 8. The van der Waals surface area contributed by atoms with Crippen LogP contribution in [0, 0.1) is 0 Å². The Kier molecular flexibility index (Phi) is 19.9. The van der Waals surface area contributed by atoms with Crippen molar-refractivity contribution < 1.29 is 90.5 Å². The van der Waals surface area contributed by atoms with Crippen LogP contribution in [-0.2, 0) is 52.1 Å². The van der Waals surface area contributed by atoms with Gasteiger partial charge in [0.05, 0.1) is 57.7 Å². The fraction of sp³-hybridized carbons (Fsp3) is 0.188. The molecule has 88 heavy (non-hydrogen) atoms. The lowest BCUT2D eigenvalue weighted by molar-refractivity contribution is -0.305. The summed E-state index contributed by atoms with van der Waals surface area (Å²) >= 11 is 0. The Morgan fingerprint density at radius 3 is 1.02 bits per heavy atom. The van der Waals surface area contributed by atoms with Crippen molar-refractivity contribution in [1.82, 2.24) is 0 Å². The van der Waals surface area contributed by atoms with E-state index in [9.17, 15) is 38.4 Å². The molecule has 446 valence electrons. The first-order chi connectivity index (χ1) is 42.9. The maximum atomic E-state index is 14.9. The van der Waals surface area contributed by atoms with Crippen LogP contribution in [0.3, 0.4) is 0 Å². The van der Waals surface area contributed by atoms with E-state index in [2.05, 4.69) is 0 Å². The smallest absolute Gasteiger partial charge is 0.340 e. The topological polar surface area (TPSA) is 238 Å². The van der Waals surface area contributed by atoms with Crippen molar-refractivity contribution in [3.63, 3.8) is 0 Å². The molecule has 19 heteroatoms. The molecular weight excluding hydrogens is 1130 g/mol. The van der Waals surface area contributed by atoms with Crippen LogP contribution in [0.5, 0.6) is 0 Å². The summed E-state index contributed by atoms with van der Waals surface area (Å²) in [6.45, 7) is -3.17. The van der Waals surface area contributed by atoms with Crippen molar-refractivity contribution in [1.29, 1.82) is 0 Å². The maximum Gasteiger partial charge on any atom is 0.340 e. The Balaban J connectivity index is 1.12. The fourth-order valence-corrected chi connectivity index (χ4v) is 9.67. The van der Waals surface area contributed by atoms with Crippen LogP contribution < -0.4 is 0 Å². The lowest BCUT2D eigenvalue weighted by Gasteiger charge is -2.49. The molecule has 0 aliphatic carbocycles.